The van der Waals surface area contributed by atoms with Crippen molar-refractivity contribution in [3.8, 4) is 0 Å². The molecule has 0 aromatic heterocycles. The maximum Gasteiger partial charge on any atom is 0.0859 e. The van der Waals surface area contributed by atoms with E-state index in [2.05, 4.69) is 85.1 Å². The Kier molecular flexibility index (Phi) is 4.58. The summed E-state index contributed by atoms with van der Waals surface area (Å²) >= 11 is 0. The fourth-order valence-corrected chi connectivity index (χ4v) is 5.64. The van der Waals surface area contributed by atoms with Crippen LogP contribution in [0.4, 0.5) is 0 Å². The minimum Gasteiger partial charge on any atom is -0.0652 e. The second-order valence-corrected chi connectivity index (χ2v) is 18.8. The van der Waals surface area contributed by atoms with Crippen LogP contribution in [0.3, 0.4) is 0 Å². The molecule has 0 N–H and O–H groups in total. The average Bonchev–Trinajstić information content (AvgIpc) is 2.27. The topological polar surface area (TPSA) is 0 Å². The summed E-state index contributed by atoms with van der Waals surface area (Å²) in [5.41, 5.74) is 0.797. The molecule has 0 bridgehead atoms. The lowest BCUT2D eigenvalue weighted by Gasteiger charge is -2.38. The van der Waals surface area contributed by atoms with Crippen LogP contribution in [-0.4, -0.2) is 16.1 Å². The van der Waals surface area contributed by atoms with Gasteiger partial charge >= 0.3 is 0 Å². The molecule has 0 spiro atoms. The van der Waals surface area contributed by atoms with Crippen LogP contribution in [0.15, 0.2) is 24.3 Å². The van der Waals surface area contributed by atoms with Gasteiger partial charge in [-0.05, 0) is 10.6 Å². The fraction of sp³-hybridized carbons (Fsp3) is 0.647. The van der Waals surface area contributed by atoms with Gasteiger partial charge < -0.3 is 0 Å². The Hall–Kier alpha value is -0.346. The maximum atomic E-state index is 2.49. The first-order valence-corrected chi connectivity index (χ1v) is 13.6. The molecule has 0 aliphatic rings. The summed E-state index contributed by atoms with van der Waals surface area (Å²) in [4.78, 5) is 0. The number of benzene rings is 1. The molecule has 108 valence electrons. The third-order valence-corrected chi connectivity index (χ3v) is 15.9. The van der Waals surface area contributed by atoms with Crippen molar-refractivity contribution in [1.82, 2.24) is 0 Å². The Labute approximate surface area is 122 Å². The highest BCUT2D eigenvalue weighted by molar-refractivity contribution is 6.93. The molecule has 0 atom stereocenters. The smallest absolute Gasteiger partial charge is 0.0652 e. The Morgan fingerprint density at radius 3 is 1.47 bits per heavy atom. The van der Waals surface area contributed by atoms with E-state index in [1.54, 1.807) is 10.4 Å². The van der Waals surface area contributed by atoms with E-state index in [4.69, 9.17) is 0 Å². The number of hydrogen-bond acceptors (Lipinski definition) is 0. The van der Waals surface area contributed by atoms with E-state index >= 15 is 0 Å². The van der Waals surface area contributed by atoms with E-state index in [0.29, 0.717) is 5.04 Å². The number of rotatable bonds is 3. The Balaban J connectivity index is 3.14. The van der Waals surface area contributed by atoms with Crippen molar-refractivity contribution in [2.24, 2.45) is 0 Å². The summed E-state index contributed by atoms with van der Waals surface area (Å²) in [6.07, 6.45) is 0. The van der Waals surface area contributed by atoms with Gasteiger partial charge in [0.25, 0.3) is 0 Å². The van der Waals surface area contributed by atoms with Gasteiger partial charge in [-0.1, -0.05) is 95.4 Å². The highest BCUT2D eigenvalue weighted by atomic mass is 28.3. The summed E-state index contributed by atoms with van der Waals surface area (Å²) in [5.74, 6) is 0. The van der Waals surface area contributed by atoms with E-state index in [1.165, 1.54) is 0 Å². The molecule has 1 aromatic carbocycles. The van der Waals surface area contributed by atoms with Gasteiger partial charge in [0, 0.05) is 0 Å². The van der Waals surface area contributed by atoms with Crippen molar-refractivity contribution in [2.75, 3.05) is 0 Å². The minimum absolute atomic E-state index is 0.416. The predicted octanol–water partition coefficient (Wildman–Crippen LogP) is 4.73. The van der Waals surface area contributed by atoms with Crippen molar-refractivity contribution in [1.29, 1.82) is 0 Å². The van der Waals surface area contributed by atoms with Crippen LogP contribution in [0.25, 0.3) is 0 Å². The van der Waals surface area contributed by atoms with Gasteiger partial charge in [-0.25, -0.2) is 0 Å². The summed E-state index contributed by atoms with van der Waals surface area (Å²) in [5, 5.41) is 3.61. The lowest BCUT2D eigenvalue weighted by atomic mass is 10.2. The SMILES string of the molecule is CC(C)[Si](C)(C)c1ccc([Si](C)(C)C(C)(C)C)cc1. The van der Waals surface area contributed by atoms with Crippen LogP contribution in [0.1, 0.15) is 34.6 Å². The second-order valence-electron chi connectivity index (χ2n) is 8.33. The molecule has 0 heterocycles. The van der Waals surface area contributed by atoms with Gasteiger partial charge in [-0.15, -0.1) is 0 Å². The first-order valence-electron chi connectivity index (χ1n) is 7.51. The Morgan fingerprint density at radius 1 is 0.789 bits per heavy atom. The zero-order valence-electron chi connectivity index (χ0n) is 14.4. The van der Waals surface area contributed by atoms with Gasteiger partial charge in [0.1, 0.15) is 0 Å². The highest BCUT2D eigenvalue weighted by Gasteiger charge is 2.37. The molecular weight excluding hydrogens is 260 g/mol. The van der Waals surface area contributed by atoms with Gasteiger partial charge in [0.15, 0.2) is 0 Å². The lowest BCUT2D eigenvalue weighted by Crippen LogP contribution is -2.51. The quantitative estimate of drug-likeness (QED) is 0.707. The summed E-state index contributed by atoms with van der Waals surface area (Å²) in [7, 11) is -2.64. The van der Waals surface area contributed by atoms with Crippen LogP contribution in [0.5, 0.6) is 0 Å². The van der Waals surface area contributed by atoms with Crippen molar-refractivity contribution in [3.63, 3.8) is 0 Å². The van der Waals surface area contributed by atoms with Gasteiger partial charge in [-0.2, -0.15) is 0 Å². The molecule has 0 aliphatic heterocycles. The first-order chi connectivity index (χ1) is 8.40. The van der Waals surface area contributed by atoms with E-state index in [9.17, 15) is 0 Å². The van der Waals surface area contributed by atoms with Crippen LogP contribution < -0.4 is 10.4 Å². The second kappa shape index (κ2) is 5.21. The zero-order chi connectivity index (χ0) is 15.1. The zero-order valence-corrected chi connectivity index (χ0v) is 16.4. The molecule has 0 nitrogen and oxygen atoms in total. The lowest BCUT2D eigenvalue weighted by molar-refractivity contribution is 0.729. The van der Waals surface area contributed by atoms with E-state index < -0.39 is 16.1 Å². The standard InChI is InChI=1S/C17H32Si2/c1-14(2)18(6,7)15-10-12-16(13-11-15)19(8,9)17(3,4)5/h10-14H,1-9H3. The maximum absolute atomic E-state index is 2.49. The van der Waals surface area contributed by atoms with Crippen molar-refractivity contribution >= 4 is 26.5 Å². The van der Waals surface area contributed by atoms with Crippen molar-refractivity contribution in [2.45, 2.75) is 71.4 Å². The van der Waals surface area contributed by atoms with Crippen LogP contribution >= 0.6 is 0 Å². The monoisotopic (exact) mass is 292 g/mol. The summed E-state index contributed by atoms with van der Waals surface area (Å²) < 4.78 is 0. The molecule has 0 aliphatic carbocycles. The molecule has 0 saturated heterocycles. The van der Waals surface area contributed by atoms with Crippen LogP contribution in [0.2, 0.25) is 36.8 Å². The van der Waals surface area contributed by atoms with Crippen LogP contribution in [-0.2, 0) is 0 Å². The normalized spacial score (nSPS) is 14.0. The molecule has 0 amide bonds. The summed E-state index contributed by atoms with van der Waals surface area (Å²) in [6.45, 7) is 21.9. The van der Waals surface area contributed by atoms with Crippen molar-refractivity contribution in [3.05, 3.63) is 24.3 Å². The van der Waals surface area contributed by atoms with Crippen LogP contribution in [0, 0.1) is 0 Å². The van der Waals surface area contributed by atoms with Gasteiger partial charge in [0.05, 0.1) is 16.1 Å². The average molecular weight is 293 g/mol. The molecule has 0 saturated carbocycles. The Morgan fingerprint density at radius 2 is 1.16 bits per heavy atom. The third kappa shape index (κ3) is 3.22. The summed E-state index contributed by atoms with van der Waals surface area (Å²) in [6, 6.07) is 9.68. The van der Waals surface area contributed by atoms with E-state index in [1.807, 2.05) is 0 Å². The fourth-order valence-electron chi connectivity index (χ4n) is 2.08. The minimum atomic E-state index is -1.37. The molecular formula is C17H32Si2. The molecule has 1 rings (SSSR count). The molecule has 0 unspecified atom stereocenters. The van der Waals surface area contributed by atoms with E-state index in [0.717, 1.165) is 5.54 Å². The van der Waals surface area contributed by atoms with Crippen molar-refractivity contribution < 1.29 is 0 Å². The molecule has 2 heteroatoms. The van der Waals surface area contributed by atoms with Gasteiger partial charge in [0.2, 0.25) is 0 Å². The number of hydrogen-bond donors (Lipinski definition) is 0. The molecule has 19 heavy (non-hydrogen) atoms. The third-order valence-electron chi connectivity index (χ3n) is 5.67. The van der Waals surface area contributed by atoms with Gasteiger partial charge in [-0.3, -0.25) is 0 Å². The molecule has 0 radical (unpaired) electrons. The highest BCUT2D eigenvalue weighted by Crippen LogP contribution is 2.35. The predicted molar refractivity (Wildman–Crippen MR) is 95.5 cm³/mol. The molecule has 0 fully saturated rings. The largest absolute Gasteiger partial charge is 0.0859 e. The molecule has 1 aromatic rings. The first kappa shape index (κ1) is 16.7. The van der Waals surface area contributed by atoms with E-state index in [-0.39, 0.29) is 0 Å². The Bertz CT molecular complexity index is 420.